The van der Waals surface area contributed by atoms with Crippen LogP contribution in [0.2, 0.25) is 5.15 Å². The molecular weight excluding hydrogens is 346 g/mol. The monoisotopic (exact) mass is 367 g/mol. The molecule has 0 radical (unpaired) electrons. The van der Waals surface area contributed by atoms with Gasteiger partial charge in [0.25, 0.3) is 0 Å². The Morgan fingerprint density at radius 1 is 1.00 bits per heavy atom. The minimum absolute atomic E-state index is 0.513. The average Bonchev–Trinajstić information content (AvgIpc) is 2.69. The molecule has 0 saturated carbocycles. The molecule has 0 aliphatic carbocycles. The fourth-order valence-electron chi connectivity index (χ4n) is 3.32. The van der Waals surface area contributed by atoms with Crippen molar-refractivity contribution in [3.63, 3.8) is 0 Å². The predicted octanol–water partition coefficient (Wildman–Crippen LogP) is 4.30. The normalized spacial score (nSPS) is 15.3. The van der Waals surface area contributed by atoms with Crippen LogP contribution in [-0.2, 0) is 4.74 Å². The molecule has 3 aromatic rings. The largest absolute Gasteiger partial charge is 0.383 e. The molecule has 1 saturated heterocycles. The zero-order chi connectivity index (χ0) is 17.8. The number of morpholine rings is 1. The van der Waals surface area contributed by atoms with Gasteiger partial charge in [0.2, 0.25) is 0 Å². The smallest absolute Gasteiger partial charge is 0.131 e. The van der Waals surface area contributed by atoms with E-state index in [2.05, 4.69) is 51.6 Å². The zero-order valence-corrected chi connectivity index (χ0v) is 15.4. The van der Waals surface area contributed by atoms with Crippen LogP contribution in [0, 0.1) is 0 Å². The van der Waals surface area contributed by atoms with Crippen molar-refractivity contribution in [3.05, 3.63) is 59.8 Å². The van der Waals surface area contributed by atoms with Crippen molar-refractivity contribution in [1.82, 2.24) is 9.88 Å². The molecule has 0 atom stereocenters. The average molecular weight is 368 g/mol. The van der Waals surface area contributed by atoms with Crippen molar-refractivity contribution in [2.45, 2.75) is 0 Å². The van der Waals surface area contributed by atoms with E-state index in [9.17, 15) is 0 Å². The highest BCUT2D eigenvalue weighted by Gasteiger charge is 2.11. The van der Waals surface area contributed by atoms with Gasteiger partial charge in [-0.25, -0.2) is 4.98 Å². The van der Waals surface area contributed by atoms with Crippen LogP contribution in [0.25, 0.3) is 22.0 Å². The number of fused-ring (bicyclic) bond motifs is 1. The third-order valence-electron chi connectivity index (χ3n) is 4.73. The number of hydrogen-bond donors (Lipinski definition) is 1. The van der Waals surface area contributed by atoms with E-state index in [0.717, 1.165) is 56.0 Å². The third kappa shape index (κ3) is 3.98. The first-order valence-corrected chi connectivity index (χ1v) is 9.37. The first kappa shape index (κ1) is 17.3. The van der Waals surface area contributed by atoms with Crippen LogP contribution in [0.15, 0.2) is 54.6 Å². The standard InChI is InChI=1S/C21H22ClN3O/c22-21-15-20(23-8-9-25-10-12-26-13-11-25)18-14-17(6-7-19(18)24-21)16-4-2-1-3-5-16/h1-7,14-15H,8-13H2,(H,23,24). The zero-order valence-electron chi connectivity index (χ0n) is 14.6. The minimum atomic E-state index is 0.513. The van der Waals surface area contributed by atoms with Gasteiger partial charge in [0.1, 0.15) is 5.15 Å². The number of pyridine rings is 1. The molecule has 0 spiro atoms. The Morgan fingerprint density at radius 3 is 2.62 bits per heavy atom. The van der Waals surface area contributed by atoms with Crippen LogP contribution in [0.3, 0.4) is 0 Å². The molecule has 4 nitrogen and oxygen atoms in total. The highest BCUT2D eigenvalue weighted by Crippen LogP contribution is 2.30. The lowest BCUT2D eigenvalue weighted by Crippen LogP contribution is -2.39. The van der Waals surface area contributed by atoms with Crippen molar-refractivity contribution >= 4 is 28.2 Å². The number of nitrogens with zero attached hydrogens (tertiary/aromatic N) is 2. The van der Waals surface area contributed by atoms with E-state index in [4.69, 9.17) is 16.3 Å². The van der Waals surface area contributed by atoms with E-state index in [1.165, 1.54) is 11.1 Å². The van der Waals surface area contributed by atoms with Crippen molar-refractivity contribution in [2.75, 3.05) is 44.7 Å². The summed E-state index contributed by atoms with van der Waals surface area (Å²) in [5, 5.41) is 5.16. The quantitative estimate of drug-likeness (QED) is 0.682. The van der Waals surface area contributed by atoms with Crippen molar-refractivity contribution in [2.24, 2.45) is 0 Å². The lowest BCUT2D eigenvalue weighted by atomic mass is 10.0. The van der Waals surface area contributed by atoms with Crippen LogP contribution >= 0.6 is 11.6 Å². The van der Waals surface area contributed by atoms with Crippen LogP contribution in [0.1, 0.15) is 0 Å². The summed E-state index contributed by atoms with van der Waals surface area (Å²) >= 11 is 6.23. The summed E-state index contributed by atoms with van der Waals surface area (Å²) in [6, 6.07) is 18.6. The molecular formula is C21H22ClN3O. The van der Waals surface area contributed by atoms with Gasteiger partial charge >= 0.3 is 0 Å². The Bertz CT molecular complexity index is 879. The van der Waals surface area contributed by atoms with Crippen molar-refractivity contribution in [3.8, 4) is 11.1 Å². The van der Waals surface area contributed by atoms with Crippen LogP contribution in [0.5, 0.6) is 0 Å². The van der Waals surface area contributed by atoms with Crippen LogP contribution in [-0.4, -0.2) is 49.3 Å². The molecule has 1 aromatic heterocycles. The summed E-state index contributed by atoms with van der Waals surface area (Å²) in [7, 11) is 0. The van der Waals surface area contributed by atoms with Crippen LogP contribution < -0.4 is 5.32 Å². The molecule has 5 heteroatoms. The first-order chi connectivity index (χ1) is 12.8. The van der Waals surface area contributed by atoms with Gasteiger partial charge in [-0.1, -0.05) is 48.0 Å². The van der Waals surface area contributed by atoms with Gasteiger partial charge < -0.3 is 10.1 Å². The second kappa shape index (κ2) is 8.04. The molecule has 2 heterocycles. The number of benzene rings is 2. The molecule has 0 unspecified atom stereocenters. The van der Waals surface area contributed by atoms with Gasteiger partial charge in [0.15, 0.2) is 0 Å². The minimum Gasteiger partial charge on any atom is -0.383 e. The molecule has 0 amide bonds. The summed E-state index contributed by atoms with van der Waals surface area (Å²) < 4.78 is 5.41. The fourth-order valence-corrected chi connectivity index (χ4v) is 3.52. The molecule has 1 N–H and O–H groups in total. The van der Waals surface area contributed by atoms with E-state index < -0.39 is 0 Å². The Morgan fingerprint density at radius 2 is 1.81 bits per heavy atom. The number of rotatable bonds is 5. The predicted molar refractivity (Wildman–Crippen MR) is 108 cm³/mol. The topological polar surface area (TPSA) is 37.4 Å². The number of halogens is 1. The van der Waals surface area contributed by atoms with Gasteiger partial charge in [-0.05, 0) is 29.3 Å². The maximum absolute atomic E-state index is 6.23. The maximum Gasteiger partial charge on any atom is 0.131 e. The van der Waals surface area contributed by atoms with Crippen molar-refractivity contribution < 1.29 is 4.74 Å². The Hall–Kier alpha value is -2.14. The van der Waals surface area contributed by atoms with Crippen LogP contribution in [0.4, 0.5) is 5.69 Å². The van der Waals surface area contributed by atoms with E-state index in [-0.39, 0.29) is 0 Å². The SMILES string of the molecule is Clc1cc(NCCN2CCOCC2)c2cc(-c3ccccc3)ccc2n1. The molecule has 1 aliphatic rings. The molecule has 134 valence electrons. The van der Waals surface area contributed by atoms with Gasteiger partial charge in [-0.2, -0.15) is 0 Å². The third-order valence-corrected chi connectivity index (χ3v) is 4.93. The molecule has 4 rings (SSSR count). The first-order valence-electron chi connectivity index (χ1n) is 8.99. The second-order valence-corrected chi connectivity index (χ2v) is 6.86. The lowest BCUT2D eigenvalue weighted by Gasteiger charge is -2.26. The summed E-state index contributed by atoms with van der Waals surface area (Å²) in [6.45, 7) is 5.50. The van der Waals surface area contributed by atoms with Gasteiger partial charge in [-0.15, -0.1) is 0 Å². The molecule has 1 aliphatic heterocycles. The number of hydrogen-bond acceptors (Lipinski definition) is 4. The number of nitrogens with one attached hydrogen (secondary N) is 1. The highest BCUT2D eigenvalue weighted by atomic mass is 35.5. The summed E-state index contributed by atoms with van der Waals surface area (Å²) in [6.07, 6.45) is 0. The van der Waals surface area contributed by atoms with Crippen molar-refractivity contribution in [1.29, 1.82) is 0 Å². The summed E-state index contributed by atoms with van der Waals surface area (Å²) in [4.78, 5) is 6.88. The van der Waals surface area contributed by atoms with Gasteiger partial charge in [0, 0.05) is 37.3 Å². The Labute approximate surface area is 158 Å². The molecule has 26 heavy (non-hydrogen) atoms. The van der Waals surface area contributed by atoms with Gasteiger partial charge in [-0.3, -0.25) is 4.90 Å². The summed E-state index contributed by atoms with van der Waals surface area (Å²) in [5.41, 5.74) is 4.32. The van der Waals surface area contributed by atoms with E-state index in [1.54, 1.807) is 0 Å². The van der Waals surface area contributed by atoms with E-state index >= 15 is 0 Å². The summed E-state index contributed by atoms with van der Waals surface area (Å²) in [5.74, 6) is 0. The number of aromatic nitrogens is 1. The Balaban J connectivity index is 1.58. The Kier molecular flexibility index (Phi) is 5.34. The second-order valence-electron chi connectivity index (χ2n) is 6.47. The number of ether oxygens (including phenoxy) is 1. The maximum atomic E-state index is 6.23. The molecule has 1 fully saturated rings. The molecule has 2 aromatic carbocycles. The van der Waals surface area contributed by atoms with E-state index in [0.29, 0.717) is 5.15 Å². The highest BCUT2D eigenvalue weighted by molar-refractivity contribution is 6.30. The number of anilines is 1. The molecule has 0 bridgehead atoms. The van der Waals surface area contributed by atoms with E-state index in [1.807, 2.05) is 18.2 Å². The van der Waals surface area contributed by atoms with Gasteiger partial charge in [0.05, 0.1) is 18.7 Å². The lowest BCUT2D eigenvalue weighted by molar-refractivity contribution is 0.0398. The fraction of sp³-hybridized carbons (Fsp3) is 0.286.